The normalized spacial score (nSPS) is 9.27. The number of H-pyrrole nitrogens is 1. The van der Waals surface area contributed by atoms with E-state index in [9.17, 15) is 0 Å². The van der Waals surface area contributed by atoms with Crippen LogP contribution in [0.5, 0.6) is 0 Å². The zero-order valence-electron chi connectivity index (χ0n) is 8.93. The van der Waals surface area contributed by atoms with Gasteiger partial charge in [-0.05, 0) is 12.5 Å². The molecule has 0 aromatic carbocycles. The summed E-state index contributed by atoms with van der Waals surface area (Å²) in [6.45, 7) is 5.92. The summed E-state index contributed by atoms with van der Waals surface area (Å²) in [6, 6.07) is 2.00. The van der Waals surface area contributed by atoms with Gasteiger partial charge in [-0.15, -0.1) is 0 Å². The van der Waals surface area contributed by atoms with Crippen molar-refractivity contribution in [3.05, 3.63) is 28.5 Å². The number of halogens is 1. The summed E-state index contributed by atoms with van der Waals surface area (Å²) >= 11 is 6.01. The van der Waals surface area contributed by atoms with Crippen molar-refractivity contribution in [3.8, 4) is 6.07 Å². The van der Waals surface area contributed by atoms with E-state index >= 15 is 0 Å². The molecule has 0 aliphatic rings. The van der Waals surface area contributed by atoms with Crippen LogP contribution in [0.2, 0.25) is 5.02 Å². The van der Waals surface area contributed by atoms with Crippen molar-refractivity contribution in [2.24, 2.45) is 0 Å². The van der Waals surface area contributed by atoms with Crippen LogP contribution in [0, 0.1) is 18.3 Å². The van der Waals surface area contributed by atoms with E-state index in [0.29, 0.717) is 10.6 Å². The van der Waals surface area contributed by atoms with Crippen LogP contribution in [-0.4, -0.2) is 9.97 Å². The smallest absolute Gasteiger partial charge is 0.139 e. The molecule has 0 spiro atoms. The third-order valence-corrected chi connectivity index (χ3v) is 2.35. The van der Waals surface area contributed by atoms with Crippen molar-refractivity contribution in [2.45, 2.75) is 20.8 Å². The standard InChI is InChI=1S/C9H6ClN3.C2H6/c1-5-3-12-9-7(5)8(10)6(2-11)4-13-9;1-2/h3-4H,1H3,(H,12,13);1-2H3. The number of hydrogen-bond donors (Lipinski definition) is 1. The van der Waals surface area contributed by atoms with Crippen LogP contribution in [-0.2, 0) is 0 Å². The van der Waals surface area contributed by atoms with Gasteiger partial charge in [0.15, 0.2) is 0 Å². The lowest BCUT2D eigenvalue weighted by Crippen LogP contribution is -1.83. The first kappa shape index (κ1) is 11.5. The Morgan fingerprint density at radius 3 is 2.73 bits per heavy atom. The molecule has 0 unspecified atom stereocenters. The summed E-state index contributed by atoms with van der Waals surface area (Å²) in [5.41, 5.74) is 2.14. The highest BCUT2D eigenvalue weighted by Gasteiger charge is 2.09. The molecule has 0 bridgehead atoms. The van der Waals surface area contributed by atoms with E-state index in [-0.39, 0.29) is 0 Å². The summed E-state index contributed by atoms with van der Waals surface area (Å²) in [5.74, 6) is 0. The Morgan fingerprint density at radius 1 is 1.47 bits per heavy atom. The number of aromatic amines is 1. The van der Waals surface area contributed by atoms with Gasteiger partial charge >= 0.3 is 0 Å². The molecule has 4 heteroatoms. The summed E-state index contributed by atoms with van der Waals surface area (Å²) in [7, 11) is 0. The fourth-order valence-electron chi connectivity index (χ4n) is 1.28. The number of hydrogen-bond acceptors (Lipinski definition) is 2. The van der Waals surface area contributed by atoms with Gasteiger partial charge in [-0.25, -0.2) is 4.98 Å². The number of nitriles is 1. The van der Waals surface area contributed by atoms with Crippen LogP contribution < -0.4 is 0 Å². The lowest BCUT2D eigenvalue weighted by atomic mass is 10.2. The Labute approximate surface area is 93.7 Å². The average Bonchev–Trinajstić information content (AvgIpc) is 2.65. The first-order valence-electron chi connectivity index (χ1n) is 4.76. The maximum atomic E-state index is 8.72. The van der Waals surface area contributed by atoms with Gasteiger partial charge in [0.05, 0.1) is 10.6 Å². The number of nitrogens with one attached hydrogen (secondary N) is 1. The lowest BCUT2D eigenvalue weighted by Gasteiger charge is -1.96. The first-order chi connectivity index (χ1) is 7.24. The maximum absolute atomic E-state index is 8.72. The summed E-state index contributed by atoms with van der Waals surface area (Å²) < 4.78 is 0. The van der Waals surface area contributed by atoms with E-state index in [4.69, 9.17) is 16.9 Å². The highest BCUT2D eigenvalue weighted by atomic mass is 35.5. The van der Waals surface area contributed by atoms with Gasteiger partial charge in [-0.1, -0.05) is 25.4 Å². The van der Waals surface area contributed by atoms with E-state index in [2.05, 4.69) is 9.97 Å². The van der Waals surface area contributed by atoms with E-state index in [1.165, 1.54) is 6.20 Å². The number of aryl methyl sites for hydroxylation is 1. The highest BCUT2D eigenvalue weighted by Crippen LogP contribution is 2.27. The van der Waals surface area contributed by atoms with Crippen molar-refractivity contribution in [3.63, 3.8) is 0 Å². The van der Waals surface area contributed by atoms with Gasteiger partial charge in [0.1, 0.15) is 11.7 Å². The van der Waals surface area contributed by atoms with E-state index in [0.717, 1.165) is 16.6 Å². The Kier molecular flexibility index (Phi) is 3.70. The lowest BCUT2D eigenvalue weighted by molar-refractivity contribution is 1.31. The molecule has 0 amide bonds. The van der Waals surface area contributed by atoms with Crippen molar-refractivity contribution >= 4 is 22.6 Å². The van der Waals surface area contributed by atoms with Crippen LogP contribution >= 0.6 is 11.6 Å². The molecule has 0 atom stereocenters. The number of aromatic nitrogens is 2. The van der Waals surface area contributed by atoms with E-state index in [1.807, 2.05) is 33.0 Å². The molecule has 2 heterocycles. The Balaban J connectivity index is 0.000000531. The highest BCUT2D eigenvalue weighted by molar-refractivity contribution is 6.36. The third kappa shape index (κ3) is 1.95. The average molecular weight is 222 g/mol. The predicted molar refractivity (Wildman–Crippen MR) is 61.9 cm³/mol. The summed E-state index contributed by atoms with van der Waals surface area (Å²) in [4.78, 5) is 7.05. The Hall–Kier alpha value is -1.53. The van der Waals surface area contributed by atoms with Gasteiger partial charge in [-0.2, -0.15) is 5.26 Å². The largest absolute Gasteiger partial charge is 0.346 e. The molecule has 2 rings (SSSR count). The Morgan fingerprint density at radius 2 is 2.13 bits per heavy atom. The van der Waals surface area contributed by atoms with Crippen LogP contribution in [0.4, 0.5) is 0 Å². The molecule has 78 valence electrons. The van der Waals surface area contributed by atoms with Crippen LogP contribution in [0.3, 0.4) is 0 Å². The van der Waals surface area contributed by atoms with Crippen LogP contribution in [0.25, 0.3) is 11.0 Å². The van der Waals surface area contributed by atoms with Crippen molar-refractivity contribution in [1.29, 1.82) is 5.26 Å². The topological polar surface area (TPSA) is 52.5 Å². The van der Waals surface area contributed by atoms with Crippen LogP contribution in [0.15, 0.2) is 12.4 Å². The molecule has 0 radical (unpaired) electrons. The minimum Gasteiger partial charge on any atom is -0.346 e. The molecular weight excluding hydrogens is 210 g/mol. The number of rotatable bonds is 0. The molecule has 0 aliphatic carbocycles. The van der Waals surface area contributed by atoms with Gasteiger partial charge in [-0.3, -0.25) is 0 Å². The molecule has 2 aromatic heterocycles. The van der Waals surface area contributed by atoms with Crippen molar-refractivity contribution in [2.75, 3.05) is 0 Å². The van der Waals surface area contributed by atoms with Gasteiger partial charge in [0, 0.05) is 17.8 Å². The molecule has 3 nitrogen and oxygen atoms in total. The minimum absolute atomic E-state index is 0.414. The second-order valence-corrected chi connectivity index (χ2v) is 3.17. The second kappa shape index (κ2) is 4.81. The SMILES string of the molecule is CC.Cc1c[nH]c2ncc(C#N)c(Cl)c12. The third-order valence-electron chi connectivity index (χ3n) is 1.96. The molecule has 15 heavy (non-hydrogen) atoms. The van der Waals surface area contributed by atoms with Gasteiger partial charge in [0.25, 0.3) is 0 Å². The quantitative estimate of drug-likeness (QED) is 0.741. The minimum atomic E-state index is 0.414. The maximum Gasteiger partial charge on any atom is 0.139 e. The molecule has 0 fully saturated rings. The molecule has 1 N–H and O–H groups in total. The number of nitrogens with zero attached hydrogens (tertiary/aromatic N) is 2. The summed E-state index contributed by atoms with van der Waals surface area (Å²) in [6.07, 6.45) is 3.30. The van der Waals surface area contributed by atoms with E-state index < -0.39 is 0 Å². The fraction of sp³-hybridized carbons (Fsp3) is 0.273. The zero-order valence-corrected chi connectivity index (χ0v) is 9.68. The van der Waals surface area contributed by atoms with Crippen molar-refractivity contribution < 1.29 is 0 Å². The molecular formula is C11H12ClN3. The fourth-order valence-corrected chi connectivity index (χ4v) is 1.61. The molecule has 0 aliphatic heterocycles. The second-order valence-electron chi connectivity index (χ2n) is 2.79. The molecule has 0 saturated carbocycles. The van der Waals surface area contributed by atoms with Gasteiger partial charge < -0.3 is 4.98 Å². The molecule has 0 saturated heterocycles. The Bertz CT molecular complexity index is 508. The summed E-state index contributed by atoms with van der Waals surface area (Å²) in [5, 5.41) is 10.0. The predicted octanol–water partition coefficient (Wildman–Crippen LogP) is 3.42. The van der Waals surface area contributed by atoms with E-state index in [1.54, 1.807) is 0 Å². The number of fused-ring (bicyclic) bond motifs is 1. The monoisotopic (exact) mass is 221 g/mol. The van der Waals surface area contributed by atoms with Crippen molar-refractivity contribution in [1.82, 2.24) is 9.97 Å². The zero-order chi connectivity index (χ0) is 11.4. The van der Waals surface area contributed by atoms with Crippen LogP contribution in [0.1, 0.15) is 25.0 Å². The molecule has 2 aromatic rings. The number of pyridine rings is 1. The van der Waals surface area contributed by atoms with Gasteiger partial charge in [0.2, 0.25) is 0 Å². The first-order valence-corrected chi connectivity index (χ1v) is 5.14.